The van der Waals surface area contributed by atoms with Crippen LogP contribution in [0.15, 0.2) is 42.4 Å². The summed E-state index contributed by atoms with van der Waals surface area (Å²) in [5.74, 6) is 1.29. The molecule has 3 heterocycles. The van der Waals surface area contributed by atoms with Gasteiger partial charge in [-0.3, -0.25) is 0 Å². The predicted octanol–water partition coefficient (Wildman–Crippen LogP) is 6.00. The molecule has 0 unspecified atom stereocenters. The summed E-state index contributed by atoms with van der Waals surface area (Å²) in [7, 11) is 0. The fourth-order valence-corrected chi connectivity index (χ4v) is 4.32. The second-order valence-electron chi connectivity index (χ2n) is 9.14. The normalized spacial score (nSPS) is 14.6. The average molecular weight is 525 g/mol. The molecule has 3 aromatic heterocycles. The lowest BCUT2D eigenvalue weighted by molar-refractivity contribution is -0.140. The van der Waals surface area contributed by atoms with E-state index in [2.05, 4.69) is 48.9 Å². The molecule has 1 fully saturated rings. The summed E-state index contributed by atoms with van der Waals surface area (Å²) in [5, 5.41) is 12.8. The SMILES string of the molecule is CC(C)n1cc(C(F)(F)F)nc1-c1ccc(CNc2nc(/C(S)=C(/C#N)C3CC3)nc3nc[nH]c23)cc1. The number of thiol groups is 1. The highest BCUT2D eigenvalue weighted by atomic mass is 32.1. The van der Waals surface area contributed by atoms with Gasteiger partial charge in [-0.05, 0) is 38.2 Å². The fraction of sp³-hybridized carbons (Fsp3) is 0.320. The highest BCUT2D eigenvalue weighted by molar-refractivity contribution is 7.90. The topological polar surface area (TPSA) is 108 Å². The van der Waals surface area contributed by atoms with Gasteiger partial charge < -0.3 is 14.9 Å². The molecular weight excluding hydrogens is 501 g/mol. The van der Waals surface area contributed by atoms with Gasteiger partial charge in [0.2, 0.25) is 0 Å². The molecule has 0 radical (unpaired) electrons. The van der Waals surface area contributed by atoms with Crippen LogP contribution in [0.1, 0.15) is 49.8 Å². The standard InChI is InChI=1S/C25H23F3N8S/c1-13(2)36-11-18(25(26,27)28)33-24(36)16-5-3-14(4-6-16)10-30-21-19-22(32-12-31-19)35-23(34-21)20(37)17(9-29)15-7-8-15/h3-6,11-13,15,37H,7-8,10H2,1-2H3,(H2,30,31,32,34,35)/b20-17+. The van der Waals surface area contributed by atoms with Crippen LogP contribution in [0, 0.1) is 17.2 Å². The lowest BCUT2D eigenvalue weighted by atomic mass is 10.1. The Morgan fingerprint density at radius 3 is 2.57 bits per heavy atom. The Hall–Kier alpha value is -3.85. The van der Waals surface area contributed by atoms with Crippen molar-refractivity contribution in [1.82, 2.24) is 29.5 Å². The van der Waals surface area contributed by atoms with Gasteiger partial charge in [0, 0.05) is 29.9 Å². The average Bonchev–Trinajstić information content (AvgIpc) is 3.39. The molecule has 1 aromatic carbocycles. The van der Waals surface area contributed by atoms with Crippen molar-refractivity contribution in [2.75, 3.05) is 5.32 Å². The molecule has 37 heavy (non-hydrogen) atoms. The summed E-state index contributed by atoms with van der Waals surface area (Å²) in [5.41, 5.74) is 2.19. The highest BCUT2D eigenvalue weighted by Gasteiger charge is 2.35. The Labute approximate surface area is 216 Å². The second kappa shape index (κ2) is 9.55. The van der Waals surface area contributed by atoms with E-state index in [0.717, 1.165) is 24.6 Å². The number of aromatic amines is 1. The number of rotatable bonds is 7. The minimum Gasteiger partial charge on any atom is -0.364 e. The Kier molecular flexibility index (Phi) is 6.41. The molecule has 1 aliphatic rings. The van der Waals surface area contributed by atoms with Crippen molar-refractivity contribution in [2.24, 2.45) is 5.92 Å². The van der Waals surface area contributed by atoms with Crippen LogP contribution in [0.2, 0.25) is 0 Å². The molecule has 12 heteroatoms. The summed E-state index contributed by atoms with van der Waals surface area (Å²) in [6.45, 7) is 4.01. The number of nitrogens with zero attached hydrogens (tertiary/aromatic N) is 6. The number of alkyl halides is 3. The number of hydrogen-bond acceptors (Lipinski definition) is 7. The first-order valence-electron chi connectivity index (χ1n) is 11.7. The molecule has 0 saturated heterocycles. The van der Waals surface area contributed by atoms with Gasteiger partial charge in [-0.1, -0.05) is 24.3 Å². The number of nitriles is 1. The van der Waals surface area contributed by atoms with Gasteiger partial charge in [0.15, 0.2) is 23.0 Å². The lowest BCUT2D eigenvalue weighted by Gasteiger charge is -2.12. The summed E-state index contributed by atoms with van der Waals surface area (Å²) in [6, 6.07) is 9.19. The monoisotopic (exact) mass is 524 g/mol. The molecule has 0 bridgehead atoms. The molecule has 190 valence electrons. The summed E-state index contributed by atoms with van der Waals surface area (Å²) in [4.78, 5) is 20.6. The van der Waals surface area contributed by atoms with Gasteiger partial charge in [0.25, 0.3) is 0 Å². The molecule has 4 aromatic rings. The van der Waals surface area contributed by atoms with Gasteiger partial charge in [0.05, 0.1) is 17.3 Å². The number of benzene rings is 1. The number of nitrogens with one attached hydrogen (secondary N) is 2. The lowest BCUT2D eigenvalue weighted by Crippen LogP contribution is -2.06. The zero-order valence-electron chi connectivity index (χ0n) is 20.0. The van der Waals surface area contributed by atoms with E-state index in [9.17, 15) is 18.4 Å². The number of halogens is 3. The van der Waals surface area contributed by atoms with E-state index >= 15 is 0 Å². The van der Waals surface area contributed by atoms with E-state index in [1.165, 1.54) is 10.9 Å². The van der Waals surface area contributed by atoms with Crippen molar-refractivity contribution in [1.29, 1.82) is 5.26 Å². The summed E-state index contributed by atoms with van der Waals surface area (Å²) >= 11 is 4.54. The molecule has 0 spiro atoms. The van der Waals surface area contributed by atoms with Gasteiger partial charge in [-0.15, -0.1) is 12.6 Å². The van der Waals surface area contributed by atoms with E-state index in [1.807, 2.05) is 26.0 Å². The van der Waals surface area contributed by atoms with E-state index in [4.69, 9.17) is 0 Å². The van der Waals surface area contributed by atoms with E-state index in [0.29, 0.717) is 45.4 Å². The van der Waals surface area contributed by atoms with E-state index < -0.39 is 11.9 Å². The minimum atomic E-state index is -4.51. The molecule has 8 nitrogen and oxygen atoms in total. The Bertz CT molecular complexity index is 1520. The number of H-pyrrole nitrogens is 1. The number of anilines is 1. The first kappa shape index (κ1) is 24.8. The highest BCUT2D eigenvalue weighted by Crippen LogP contribution is 2.40. The molecule has 0 atom stereocenters. The smallest absolute Gasteiger partial charge is 0.364 e. The Morgan fingerprint density at radius 1 is 1.22 bits per heavy atom. The van der Waals surface area contributed by atoms with Crippen molar-refractivity contribution >= 4 is 34.5 Å². The van der Waals surface area contributed by atoms with Crippen molar-refractivity contribution in [3.63, 3.8) is 0 Å². The van der Waals surface area contributed by atoms with Crippen LogP contribution in [0.4, 0.5) is 19.0 Å². The molecular formula is C25H23F3N8S. The predicted molar refractivity (Wildman–Crippen MR) is 136 cm³/mol. The maximum atomic E-state index is 13.2. The van der Waals surface area contributed by atoms with Crippen molar-refractivity contribution in [3.8, 4) is 17.5 Å². The van der Waals surface area contributed by atoms with Crippen molar-refractivity contribution in [2.45, 2.75) is 45.5 Å². The maximum Gasteiger partial charge on any atom is 0.434 e. The third-order valence-corrected chi connectivity index (χ3v) is 6.55. The molecule has 0 aliphatic heterocycles. The maximum absolute atomic E-state index is 13.2. The van der Waals surface area contributed by atoms with E-state index in [-0.39, 0.29) is 17.8 Å². The Balaban J connectivity index is 1.39. The van der Waals surface area contributed by atoms with Crippen LogP contribution < -0.4 is 5.32 Å². The molecule has 1 saturated carbocycles. The summed E-state index contributed by atoms with van der Waals surface area (Å²) < 4.78 is 41.2. The van der Waals surface area contributed by atoms with Crippen LogP contribution >= 0.6 is 12.6 Å². The zero-order chi connectivity index (χ0) is 26.3. The van der Waals surface area contributed by atoms with Gasteiger partial charge >= 0.3 is 6.18 Å². The fourth-order valence-electron chi connectivity index (χ4n) is 3.99. The minimum absolute atomic E-state index is 0.184. The third kappa shape index (κ3) is 5.04. The van der Waals surface area contributed by atoms with Crippen LogP contribution in [0.25, 0.3) is 27.5 Å². The first-order valence-corrected chi connectivity index (χ1v) is 12.1. The number of aromatic nitrogens is 6. The van der Waals surface area contributed by atoms with E-state index in [1.54, 1.807) is 12.1 Å². The molecule has 1 aliphatic carbocycles. The Morgan fingerprint density at radius 2 is 1.95 bits per heavy atom. The third-order valence-electron chi connectivity index (χ3n) is 6.11. The molecule has 2 N–H and O–H groups in total. The van der Waals surface area contributed by atoms with Gasteiger partial charge in [0.1, 0.15) is 11.3 Å². The number of hydrogen-bond donors (Lipinski definition) is 3. The zero-order valence-corrected chi connectivity index (χ0v) is 20.9. The quantitative estimate of drug-likeness (QED) is 0.202. The first-order chi connectivity index (χ1) is 17.7. The number of fused-ring (bicyclic) bond motifs is 1. The number of imidazole rings is 2. The van der Waals surface area contributed by atoms with Gasteiger partial charge in [-0.2, -0.15) is 18.4 Å². The molecule has 5 rings (SSSR count). The van der Waals surface area contributed by atoms with Crippen LogP contribution in [0.3, 0.4) is 0 Å². The van der Waals surface area contributed by atoms with Crippen molar-refractivity contribution in [3.05, 3.63) is 59.4 Å². The van der Waals surface area contributed by atoms with Gasteiger partial charge in [-0.25, -0.2) is 19.9 Å². The molecule has 0 amide bonds. The second-order valence-corrected chi connectivity index (χ2v) is 9.59. The van der Waals surface area contributed by atoms with Crippen LogP contribution in [-0.4, -0.2) is 29.5 Å². The number of allylic oxidation sites excluding steroid dienone is 1. The summed E-state index contributed by atoms with van der Waals surface area (Å²) in [6.07, 6.45) is -0.0464. The van der Waals surface area contributed by atoms with Crippen LogP contribution in [-0.2, 0) is 12.7 Å². The largest absolute Gasteiger partial charge is 0.434 e. The van der Waals surface area contributed by atoms with Crippen molar-refractivity contribution < 1.29 is 13.2 Å². The van der Waals surface area contributed by atoms with Crippen LogP contribution in [0.5, 0.6) is 0 Å².